The molecule has 1 N–H and O–H groups in total. The SMILES string of the molecule is COc1ccc2cc(C(=O)C=Cc3cc(C)c(OC(C)(C)C(=O)O)c(C)c3)c(Cl)nc2c1. The van der Waals surface area contributed by atoms with Crippen molar-refractivity contribution < 1.29 is 24.2 Å². The number of carbonyl (C=O) groups is 2. The molecule has 0 aliphatic carbocycles. The van der Waals surface area contributed by atoms with Gasteiger partial charge in [0.25, 0.3) is 0 Å². The summed E-state index contributed by atoms with van der Waals surface area (Å²) in [4.78, 5) is 28.5. The number of nitrogens with zero attached hydrogens (tertiary/aromatic N) is 1. The van der Waals surface area contributed by atoms with Gasteiger partial charge in [-0.3, -0.25) is 4.79 Å². The number of methoxy groups -OCH3 is 1. The second kappa shape index (κ2) is 9.01. The zero-order valence-electron chi connectivity index (χ0n) is 18.5. The number of ketones is 1. The van der Waals surface area contributed by atoms with Gasteiger partial charge in [-0.1, -0.05) is 17.7 Å². The molecule has 0 saturated heterocycles. The van der Waals surface area contributed by atoms with Crippen LogP contribution < -0.4 is 9.47 Å². The van der Waals surface area contributed by atoms with Crippen LogP contribution in [0.1, 0.15) is 40.9 Å². The quantitative estimate of drug-likeness (QED) is 0.282. The van der Waals surface area contributed by atoms with Crippen molar-refractivity contribution in [3.8, 4) is 11.5 Å². The van der Waals surface area contributed by atoms with E-state index in [2.05, 4.69) is 4.98 Å². The number of ether oxygens (including phenoxy) is 2. The monoisotopic (exact) mass is 453 g/mol. The molecule has 0 unspecified atom stereocenters. The Morgan fingerprint density at radius 1 is 1.09 bits per heavy atom. The lowest BCUT2D eigenvalue weighted by molar-refractivity contribution is -0.152. The van der Waals surface area contributed by atoms with Crippen LogP contribution in [-0.4, -0.2) is 34.6 Å². The highest BCUT2D eigenvalue weighted by Gasteiger charge is 2.30. The van der Waals surface area contributed by atoms with E-state index in [0.29, 0.717) is 22.6 Å². The van der Waals surface area contributed by atoms with Crippen molar-refractivity contribution >= 4 is 40.3 Å². The second-order valence-corrected chi connectivity index (χ2v) is 8.34. The van der Waals surface area contributed by atoms with Crippen molar-refractivity contribution in [3.05, 3.63) is 69.9 Å². The summed E-state index contributed by atoms with van der Waals surface area (Å²) >= 11 is 6.26. The number of halogens is 1. The third-order valence-corrected chi connectivity index (χ3v) is 5.31. The predicted molar refractivity (Wildman–Crippen MR) is 125 cm³/mol. The zero-order valence-corrected chi connectivity index (χ0v) is 19.3. The average molecular weight is 454 g/mol. The van der Waals surface area contributed by atoms with Gasteiger partial charge in [0.2, 0.25) is 0 Å². The number of benzene rings is 2. The van der Waals surface area contributed by atoms with E-state index >= 15 is 0 Å². The van der Waals surface area contributed by atoms with Crippen molar-refractivity contribution in [2.75, 3.05) is 7.11 Å². The molecule has 3 aromatic rings. The minimum absolute atomic E-state index is 0.118. The fourth-order valence-electron chi connectivity index (χ4n) is 3.22. The van der Waals surface area contributed by atoms with Gasteiger partial charge in [0, 0.05) is 11.5 Å². The molecule has 0 bridgehead atoms. The summed E-state index contributed by atoms with van der Waals surface area (Å²) in [6, 6.07) is 10.7. The topological polar surface area (TPSA) is 85.7 Å². The summed E-state index contributed by atoms with van der Waals surface area (Å²) in [7, 11) is 1.57. The summed E-state index contributed by atoms with van der Waals surface area (Å²) in [6.45, 7) is 6.66. The van der Waals surface area contributed by atoms with E-state index in [1.54, 1.807) is 31.4 Å². The molecule has 32 heavy (non-hydrogen) atoms. The van der Waals surface area contributed by atoms with E-state index in [9.17, 15) is 14.7 Å². The number of aliphatic carboxylic acids is 1. The Morgan fingerprint density at radius 2 is 1.75 bits per heavy atom. The first kappa shape index (κ1) is 23.3. The maximum absolute atomic E-state index is 12.8. The van der Waals surface area contributed by atoms with Crippen LogP contribution >= 0.6 is 11.6 Å². The number of pyridine rings is 1. The largest absolute Gasteiger partial charge is 0.497 e. The van der Waals surface area contributed by atoms with E-state index in [1.165, 1.54) is 19.9 Å². The molecule has 0 saturated carbocycles. The number of carbonyl (C=O) groups excluding carboxylic acids is 1. The number of carboxylic acid groups (broad SMARTS) is 1. The minimum Gasteiger partial charge on any atom is -0.497 e. The molecule has 0 aliphatic rings. The first-order valence-corrected chi connectivity index (χ1v) is 10.3. The van der Waals surface area contributed by atoms with Gasteiger partial charge in [-0.15, -0.1) is 0 Å². The number of aryl methyl sites for hydroxylation is 2. The minimum atomic E-state index is -1.35. The van der Waals surface area contributed by atoms with E-state index in [-0.39, 0.29) is 10.9 Å². The summed E-state index contributed by atoms with van der Waals surface area (Å²) in [5.74, 6) is -0.156. The maximum Gasteiger partial charge on any atom is 0.347 e. The van der Waals surface area contributed by atoms with Gasteiger partial charge in [-0.2, -0.15) is 0 Å². The summed E-state index contributed by atoms with van der Waals surface area (Å²) in [5, 5.41) is 10.2. The molecule has 0 fully saturated rings. The molecule has 0 spiro atoms. The lowest BCUT2D eigenvalue weighted by atomic mass is 10.0. The maximum atomic E-state index is 12.8. The van der Waals surface area contributed by atoms with Gasteiger partial charge >= 0.3 is 5.97 Å². The Hall–Kier alpha value is -3.38. The lowest BCUT2D eigenvalue weighted by Gasteiger charge is -2.24. The molecule has 1 heterocycles. The summed E-state index contributed by atoms with van der Waals surface area (Å²) in [5.41, 5.74) is 1.91. The van der Waals surface area contributed by atoms with Crippen molar-refractivity contribution in [2.24, 2.45) is 0 Å². The van der Waals surface area contributed by atoms with Crippen LogP contribution in [-0.2, 0) is 4.79 Å². The first-order valence-electron chi connectivity index (χ1n) is 9.92. The Kier molecular flexibility index (Phi) is 6.55. The van der Waals surface area contributed by atoms with Crippen LogP contribution in [0, 0.1) is 13.8 Å². The molecule has 166 valence electrons. The third kappa shape index (κ3) is 4.92. The highest BCUT2D eigenvalue weighted by atomic mass is 35.5. The van der Waals surface area contributed by atoms with Crippen molar-refractivity contribution in [1.82, 2.24) is 4.98 Å². The van der Waals surface area contributed by atoms with Gasteiger partial charge in [0.1, 0.15) is 16.7 Å². The van der Waals surface area contributed by atoms with E-state index in [4.69, 9.17) is 21.1 Å². The molecular weight excluding hydrogens is 430 g/mol. The van der Waals surface area contributed by atoms with E-state index in [0.717, 1.165) is 22.1 Å². The van der Waals surface area contributed by atoms with Crippen LogP contribution in [0.2, 0.25) is 5.15 Å². The van der Waals surface area contributed by atoms with Crippen LogP contribution in [0.15, 0.2) is 42.5 Å². The molecule has 0 atom stereocenters. The molecule has 0 aliphatic heterocycles. The standard InChI is InChI=1S/C25H24ClNO5/c1-14-10-16(11-15(2)22(14)32-25(3,4)24(29)30)6-9-21(28)19-12-17-7-8-18(31-5)13-20(17)27-23(19)26/h6-13H,1-5H3,(H,29,30). The number of allylic oxidation sites excluding steroid dienone is 1. The molecule has 1 aromatic heterocycles. The number of aromatic nitrogens is 1. The summed E-state index contributed by atoms with van der Waals surface area (Å²) < 4.78 is 10.9. The predicted octanol–water partition coefficient (Wildman–Crippen LogP) is 5.65. The average Bonchev–Trinajstić information content (AvgIpc) is 2.73. The van der Waals surface area contributed by atoms with Crippen molar-refractivity contribution in [2.45, 2.75) is 33.3 Å². The van der Waals surface area contributed by atoms with E-state index in [1.807, 2.05) is 32.0 Å². The van der Waals surface area contributed by atoms with Gasteiger partial charge in [-0.05, 0) is 80.8 Å². The highest BCUT2D eigenvalue weighted by molar-refractivity contribution is 6.34. The van der Waals surface area contributed by atoms with Crippen molar-refractivity contribution in [3.63, 3.8) is 0 Å². The fourth-order valence-corrected chi connectivity index (χ4v) is 3.46. The van der Waals surface area contributed by atoms with Crippen LogP contribution in [0.25, 0.3) is 17.0 Å². The fraction of sp³-hybridized carbons (Fsp3) is 0.240. The van der Waals surface area contributed by atoms with Crippen LogP contribution in [0.3, 0.4) is 0 Å². The van der Waals surface area contributed by atoms with Gasteiger partial charge in [-0.25, -0.2) is 9.78 Å². The Balaban J connectivity index is 1.87. The number of carboxylic acids is 1. The van der Waals surface area contributed by atoms with Gasteiger partial charge in [0.15, 0.2) is 11.4 Å². The van der Waals surface area contributed by atoms with Crippen LogP contribution in [0.5, 0.6) is 11.5 Å². The lowest BCUT2D eigenvalue weighted by Crippen LogP contribution is -2.38. The Morgan fingerprint density at radius 3 is 2.34 bits per heavy atom. The molecule has 0 amide bonds. The number of fused-ring (bicyclic) bond motifs is 1. The Labute approximate surface area is 191 Å². The molecule has 6 nitrogen and oxygen atoms in total. The molecule has 0 radical (unpaired) electrons. The molecular formula is C25H24ClNO5. The molecule has 2 aromatic carbocycles. The molecule has 3 rings (SSSR count). The highest BCUT2D eigenvalue weighted by Crippen LogP contribution is 2.30. The normalized spacial score (nSPS) is 11.7. The number of hydrogen-bond donors (Lipinski definition) is 1. The van der Waals surface area contributed by atoms with E-state index < -0.39 is 11.6 Å². The molecule has 7 heteroatoms. The number of hydrogen-bond acceptors (Lipinski definition) is 5. The van der Waals surface area contributed by atoms with Crippen molar-refractivity contribution in [1.29, 1.82) is 0 Å². The summed E-state index contributed by atoms with van der Waals surface area (Å²) in [6.07, 6.45) is 3.12. The smallest absolute Gasteiger partial charge is 0.347 e. The van der Waals surface area contributed by atoms with Gasteiger partial charge < -0.3 is 14.6 Å². The number of rotatable bonds is 7. The first-order chi connectivity index (χ1) is 15.0. The van der Waals surface area contributed by atoms with Gasteiger partial charge in [0.05, 0.1) is 18.2 Å². The van der Waals surface area contributed by atoms with Crippen LogP contribution in [0.4, 0.5) is 0 Å². The second-order valence-electron chi connectivity index (χ2n) is 7.98. The zero-order chi connectivity index (χ0) is 23.6. The third-order valence-electron chi connectivity index (χ3n) is 5.03. The Bertz CT molecular complexity index is 1220.